The van der Waals surface area contributed by atoms with E-state index in [4.69, 9.17) is 40.3 Å². The van der Waals surface area contributed by atoms with Crippen LogP contribution in [0.15, 0.2) is 0 Å². The summed E-state index contributed by atoms with van der Waals surface area (Å²) in [6.07, 6.45) is -3.36. The number of amides is 16. The van der Waals surface area contributed by atoms with Crippen LogP contribution in [0.5, 0.6) is 0 Å². The van der Waals surface area contributed by atoms with Gasteiger partial charge < -0.3 is 129 Å². The van der Waals surface area contributed by atoms with Crippen LogP contribution in [0, 0.1) is 29.6 Å². The molecule has 0 radical (unpaired) electrons. The number of aliphatic carboxylic acids is 4. The van der Waals surface area contributed by atoms with Crippen molar-refractivity contribution in [1.82, 2.24) is 79.8 Å². The molecule has 45 heteroatoms. The third kappa shape index (κ3) is 50.6. The number of carboxylic acid groups (broad SMARTS) is 4. The highest BCUT2D eigenvalue weighted by atomic mass is 35.5. The fraction of sp³-hybridized carbons (Fsp3) is 0.753. The fourth-order valence-electron chi connectivity index (χ4n) is 12.9. The van der Waals surface area contributed by atoms with Gasteiger partial charge in [0, 0.05) is 25.7 Å². The lowest BCUT2D eigenvalue weighted by Crippen LogP contribution is -2.61. The third-order valence-corrected chi connectivity index (χ3v) is 19.7. The molecule has 0 saturated heterocycles. The molecule has 0 aromatic rings. The molecule has 0 saturated carbocycles. The Kier molecular flexibility index (Phi) is 58.2. The summed E-state index contributed by atoms with van der Waals surface area (Å²) >= 11 is 5.55. The summed E-state index contributed by atoms with van der Waals surface area (Å²) in [6, 6.07) is -21.2. The lowest BCUT2D eigenvalue weighted by Gasteiger charge is -2.29. The number of nitrogens with two attached hydrogens (primary N) is 5. The number of halogens is 1. The first-order valence-corrected chi connectivity index (χ1v) is 43.7. The van der Waals surface area contributed by atoms with Crippen molar-refractivity contribution >= 4 is 130 Å². The van der Waals surface area contributed by atoms with Crippen LogP contribution in [-0.2, 0) is 95.9 Å². The molecule has 0 aliphatic rings. The van der Waals surface area contributed by atoms with E-state index in [-0.39, 0.29) is 120 Å². The van der Waals surface area contributed by atoms with Crippen LogP contribution in [0.25, 0.3) is 0 Å². The van der Waals surface area contributed by atoms with Crippen molar-refractivity contribution in [3.63, 3.8) is 0 Å². The van der Waals surface area contributed by atoms with Gasteiger partial charge in [0.15, 0.2) is 0 Å². The Morgan fingerprint density at radius 2 is 0.421 bits per heavy atom. The molecule has 0 aromatic heterocycles. The van der Waals surface area contributed by atoms with Gasteiger partial charge in [-0.3, -0.25) is 95.9 Å². The average Bonchev–Trinajstić information content (AvgIpc) is 0.853. The van der Waals surface area contributed by atoms with Gasteiger partial charge in [0.05, 0.1) is 6.54 Å². The average molecular weight is 1820 g/mol. The van der Waals surface area contributed by atoms with E-state index in [2.05, 4.69) is 79.8 Å². The fourth-order valence-corrected chi connectivity index (χ4v) is 13.0. The van der Waals surface area contributed by atoms with Crippen LogP contribution in [0.2, 0.25) is 0 Å². The van der Waals surface area contributed by atoms with Gasteiger partial charge in [-0.15, -0.1) is 11.6 Å². The molecule has 14 atom stereocenters. The summed E-state index contributed by atoms with van der Waals surface area (Å²) in [5.74, 6) is -23.2. The first-order chi connectivity index (χ1) is 59.1. The Balaban J connectivity index is 7.50. The molecule has 16 amide bonds. The Bertz CT molecular complexity index is 3560. The van der Waals surface area contributed by atoms with Gasteiger partial charge in [-0.1, -0.05) is 69.2 Å². The quantitative estimate of drug-likeness (QED) is 0.0211. The molecule has 44 nitrogen and oxygen atoms in total. The number of carbonyl (C=O) groups excluding carboxylic acids is 16. The number of nitrogens with one attached hydrogen (secondary N) is 15. The van der Waals surface area contributed by atoms with Gasteiger partial charge in [-0.2, -0.15) is 0 Å². The highest BCUT2D eigenvalue weighted by Gasteiger charge is 2.40. The second kappa shape index (κ2) is 63.4. The summed E-state index contributed by atoms with van der Waals surface area (Å²) in [6.45, 7) is 18.5. The van der Waals surface area contributed by atoms with E-state index in [1.54, 1.807) is 69.2 Å². The van der Waals surface area contributed by atoms with Crippen LogP contribution in [-0.4, -0.2) is 262 Å². The molecule has 126 heavy (non-hydrogen) atoms. The molecule has 0 aromatic carbocycles. The minimum Gasteiger partial charge on any atom is -0.481 e. The van der Waals surface area contributed by atoms with Crippen molar-refractivity contribution in [2.24, 2.45) is 58.3 Å². The minimum atomic E-state index is -1.84. The van der Waals surface area contributed by atoms with Crippen molar-refractivity contribution in [3.8, 4) is 0 Å². The van der Waals surface area contributed by atoms with E-state index < -0.39 is 273 Å². The predicted molar refractivity (Wildman–Crippen MR) is 462 cm³/mol. The van der Waals surface area contributed by atoms with Crippen LogP contribution in [0.1, 0.15) is 237 Å². The van der Waals surface area contributed by atoms with Gasteiger partial charge in [0.1, 0.15) is 90.5 Å². The molecular formula is C81H143ClN20O24. The maximum atomic E-state index is 14.8. The summed E-state index contributed by atoms with van der Waals surface area (Å²) in [7, 11) is 0. The Hall–Kier alpha value is -10.5. The predicted octanol–water partition coefficient (Wildman–Crippen LogP) is -3.16. The lowest BCUT2D eigenvalue weighted by atomic mass is 9.98. The third-order valence-electron chi connectivity index (χ3n) is 19.5. The molecule has 0 aliphatic heterocycles. The molecule has 0 fully saturated rings. The SMILES string of the molecule is CC(C)C[C@H](NC(=O)[C@H](CCC(=O)O)NC(=O)[C@H](CCC(=O)O)NC(=O)[C@H](C)NC(=O)CCl)C(=O)N[C@@H](CC(C)C)C(=O)N[C@@H](CCCCN)C(=O)N[C@@H](CCCCN)C(=O)N[C@@H](CC(C)C)C(=O)N[C@@H](CCC(=O)O)C(=O)N[C@@H](CCC(=O)O)C(=O)N[C@@H](CC(C)C)C(=O)N[C@@H](CC(C)C)C(=O)N[C@@H](CCCCN)C(=O)N[C@@H](CCCCN)C(=O)NCC(N)=O. The van der Waals surface area contributed by atoms with E-state index >= 15 is 0 Å². The van der Waals surface area contributed by atoms with E-state index in [9.17, 15) is 116 Å². The number of hydrogen-bond donors (Lipinski definition) is 24. The monoisotopic (exact) mass is 1820 g/mol. The van der Waals surface area contributed by atoms with Crippen LogP contribution in [0.3, 0.4) is 0 Å². The summed E-state index contributed by atoms with van der Waals surface area (Å²) in [5, 5.41) is 76.8. The van der Waals surface area contributed by atoms with E-state index in [1.165, 1.54) is 6.92 Å². The van der Waals surface area contributed by atoms with Crippen molar-refractivity contribution < 1.29 is 116 Å². The molecular weight excluding hydrogens is 1670 g/mol. The number of alkyl halides is 1. The lowest BCUT2D eigenvalue weighted by molar-refractivity contribution is -0.140. The van der Waals surface area contributed by atoms with Gasteiger partial charge in [0.25, 0.3) is 0 Å². The first kappa shape index (κ1) is 116. The topological polar surface area (TPSA) is 733 Å². The number of primary amides is 1. The summed E-state index contributed by atoms with van der Waals surface area (Å²) in [4.78, 5) is 271. The second-order valence-corrected chi connectivity index (χ2v) is 33.7. The Morgan fingerprint density at radius 3 is 0.595 bits per heavy atom. The Morgan fingerprint density at radius 1 is 0.246 bits per heavy atom. The van der Waals surface area contributed by atoms with Crippen LogP contribution >= 0.6 is 11.6 Å². The number of carboxylic acids is 4. The molecule has 0 unspecified atom stereocenters. The normalized spacial score (nSPS) is 14.6. The summed E-state index contributed by atoms with van der Waals surface area (Å²) in [5.41, 5.74) is 28.4. The smallest absolute Gasteiger partial charge is 0.303 e. The van der Waals surface area contributed by atoms with E-state index in [0.29, 0.717) is 38.5 Å². The van der Waals surface area contributed by atoms with E-state index in [1.807, 2.05) is 0 Å². The van der Waals surface area contributed by atoms with Gasteiger partial charge >= 0.3 is 23.9 Å². The van der Waals surface area contributed by atoms with Gasteiger partial charge in [0.2, 0.25) is 94.5 Å². The first-order valence-electron chi connectivity index (χ1n) is 43.2. The molecule has 29 N–H and O–H groups in total. The molecule has 0 bridgehead atoms. The number of unbranched alkanes of at least 4 members (excludes halogenated alkanes) is 4. The van der Waals surface area contributed by atoms with Crippen molar-refractivity contribution in [2.75, 3.05) is 38.6 Å². The molecule has 718 valence electrons. The van der Waals surface area contributed by atoms with Crippen molar-refractivity contribution in [1.29, 1.82) is 0 Å². The Labute approximate surface area is 741 Å². The largest absolute Gasteiger partial charge is 0.481 e. The summed E-state index contributed by atoms with van der Waals surface area (Å²) < 4.78 is 0. The zero-order valence-electron chi connectivity index (χ0n) is 74.6. The van der Waals surface area contributed by atoms with Crippen LogP contribution in [0.4, 0.5) is 0 Å². The maximum absolute atomic E-state index is 14.8. The zero-order chi connectivity index (χ0) is 96.0. The van der Waals surface area contributed by atoms with Crippen LogP contribution < -0.4 is 108 Å². The van der Waals surface area contributed by atoms with Crippen molar-refractivity contribution in [3.05, 3.63) is 0 Å². The second-order valence-electron chi connectivity index (χ2n) is 33.4. The molecule has 0 rings (SSSR count). The van der Waals surface area contributed by atoms with Gasteiger partial charge in [-0.25, -0.2) is 0 Å². The van der Waals surface area contributed by atoms with Gasteiger partial charge in [-0.05, 0) is 198 Å². The number of carbonyl (C=O) groups is 20. The number of hydrogen-bond acceptors (Lipinski definition) is 24. The zero-order valence-corrected chi connectivity index (χ0v) is 75.4. The highest BCUT2D eigenvalue weighted by Crippen LogP contribution is 2.18. The molecule has 0 aliphatic carbocycles. The molecule has 0 heterocycles. The van der Waals surface area contributed by atoms with E-state index in [0.717, 1.165) is 0 Å². The van der Waals surface area contributed by atoms with Crippen molar-refractivity contribution in [2.45, 2.75) is 321 Å². The standard InChI is InChI=1S/C81H143ClN20O24/c1-43(2)36-57(79(124)97-54(25-29-65(107)108)74(119)96-56(27-31-67(111)112)76(121)100-61(40-47(9)10)81(126)101-58(37-44(3)4)77(122)93-50(21-13-17-33-84)70(115)91-49(20-12-16-32-83)69(114)88-42-62(87)103)98-72(117)52(23-15-19-35-86)92-71(116)51(22-14-18-34-85)94-78(123)59(38-45(5)6)102-80(125)60(39-46(7)8)99-75(120)55(26-30-66(109)110)95-73(118)53(24-28-64(105)106)90-68(113)48(11)89-63(104)41-82/h43-61H,12-42,83-86H2,1-11H3,(H2,87,103)(H,88,114)(H,89,104)(H,90,113)(H,91,115)(H,92,116)(H,93,122)(H,94,123)(H,95,118)(H,96,119)(H,97,124)(H,98,117)(H,99,120)(H,100,121)(H,101,126)(H,102,125)(H,105,106)(H,107,108)(H,109,110)(H,111,112)/t48-,49-,50-,51-,52-,53-,54-,55-,56-,57-,58-,59-,60-,61-/m0/s1. The minimum absolute atomic E-state index is 0.0222. The maximum Gasteiger partial charge on any atom is 0.303 e. The highest BCUT2D eigenvalue weighted by molar-refractivity contribution is 6.27. The number of rotatable bonds is 69. The molecule has 0 spiro atoms.